The van der Waals surface area contributed by atoms with E-state index in [1.807, 2.05) is 25.1 Å². The molecular formula is C16H21NO2. The minimum atomic E-state index is -0.146. The number of carbonyl (C=O) groups is 1. The van der Waals surface area contributed by atoms with Crippen LogP contribution < -0.4 is 5.32 Å². The van der Waals surface area contributed by atoms with Gasteiger partial charge in [-0.2, -0.15) is 0 Å². The molecule has 0 spiro atoms. The van der Waals surface area contributed by atoms with Crippen molar-refractivity contribution in [1.82, 2.24) is 0 Å². The van der Waals surface area contributed by atoms with Gasteiger partial charge in [-0.25, -0.2) is 0 Å². The molecule has 102 valence electrons. The molecule has 0 aliphatic carbocycles. The first-order valence-electron chi connectivity index (χ1n) is 6.53. The van der Waals surface area contributed by atoms with Crippen molar-refractivity contribution >= 4 is 11.6 Å². The molecule has 0 heterocycles. The van der Waals surface area contributed by atoms with Gasteiger partial charge in [-0.3, -0.25) is 4.79 Å². The normalized spacial score (nSPS) is 9.95. The van der Waals surface area contributed by atoms with Crippen molar-refractivity contribution in [2.45, 2.75) is 33.6 Å². The predicted molar refractivity (Wildman–Crippen MR) is 77.8 cm³/mol. The summed E-state index contributed by atoms with van der Waals surface area (Å²) >= 11 is 0. The number of aliphatic hydroxyl groups is 1. The number of hydrogen-bond donors (Lipinski definition) is 2. The Morgan fingerprint density at radius 1 is 1.42 bits per heavy atom. The zero-order valence-corrected chi connectivity index (χ0v) is 11.8. The lowest BCUT2D eigenvalue weighted by Gasteiger charge is -2.09. The van der Waals surface area contributed by atoms with Crippen molar-refractivity contribution in [3.8, 4) is 11.8 Å². The van der Waals surface area contributed by atoms with E-state index in [-0.39, 0.29) is 12.5 Å². The zero-order chi connectivity index (χ0) is 14.3. The van der Waals surface area contributed by atoms with Gasteiger partial charge in [0.25, 0.3) is 0 Å². The zero-order valence-electron chi connectivity index (χ0n) is 11.8. The Morgan fingerprint density at radius 2 is 2.16 bits per heavy atom. The maximum absolute atomic E-state index is 11.8. The summed E-state index contributed by atoms with van der Waals surface area (Å²) in [6, 6.07) is 5.60. The molecule has 0 fully saturated rings. The summed E-state index contributed by atoms with van der Waals surface area (Å²) in [6.45, 7) is 6.00. The molecule has 3 nitrogen and oxygen atoms in total. The van der Waals surface area contributed by atoms with Crippen LogP contribution in [0.5, 0.6) is 0 Å². The Morgan fingerprint density at radius 3 is 2.74 bits per heavy atom. The third-order valence-corrected chi connectivity index (χ3v) is 2.76. The Labute approximate surface area is 115 Å². The summed E-state index contributed by atoms with van der Waals surface area (Å²) in [4.78, 5) is 11.8. The van der Waals surface area contributed by atoms with E-state index >= 15 is 0 Å². The Bertz CT molecular complexity index is 495. The fraction of sp³-hybridized carbons (Fsp3) is 0.438. The predicted octanol–water partition coefficient (Wildman–Crippen LogP) is 2.71. The van der Waals surface area contributed by atoms with E-state index in [9.17, 15) is 4.79 Å². The van der Waals surface area contributed by atoms with Crippen molar-refractivity contribution < 1.29 is 9.90 Å². The molecule has 1 amide bonds. The molecule has 1 rings (SSSR count). The van der Waals surface area contributed by atoms with Crippen LogP contribution in [-0.4, -0.2) is 17.6 Å². The van der Waals surface area contributed by atoms with Crippen molar-refractivity contribution in [2.75, 3.05) is 11.9 Å². The maximum Gasteiger partial charge on any atom is 0.224 e. The van der Waals surface area contributed by atoms with E-state index in [0.29, 0.717) is 12.3 Å². The summed E-state index contributed by atoms with van der Waals surface area (Å²) in [7, 11) is 0. The largest absolute Gasteiger partial charge is 0.384 e. The van der Waals surface area contributed by atoms with Crippen LogP contribution in [0.2, 0.25) is 0 Å². The van der Waals surface area contributed by atoms with Gasteiger partial charge in [0.1, 0.15) is 6.61 Å². The number of carbonyl (C=O) groups excluding carboxylic acids is 1. The Balaban J connectivity index is 2.67. The van der Waals surface area contributed by atoms with Crippen molar-refractivity contribution in [3.05, 3.63) is 29.3 Å². The Hall–Kier alpha value is -1.79. The number of nitrogens with one attached hydrogen (secondary N) is 1. The van der Waals surface area contributed by atoms with Gasteiger partial charge >= 0.3 is 0 Å². The molecule has 2 N–H and O–H groups in total. The third-order valence-electron chi connectivity index (χ3n) is 2.76. The van der Waals surface area contributed by atoms with Crippen LogP contribution in [0.4, 0.5) is 5.69 Å². The first-order valence-corrected chi connectivity index (χ1v) is 6.53. The topological polar surface area (TPSA) is 49.3 Å². The lowest BCUT2D eigenvalue weighted by atomic mass is 10.1. The SMILES string of the molecule is Cc1cc(C#CCO)ccc1NC(=O)CCC(C)C. The van der Waals surface area contributed by atoms with Gasteiger partial charge < -0.3 is 10.4 Å². The van der Waals surface area contributed by atoms with E-state index in [0.717, 1.165) is 23.2 Å². The molecule has 3 heteroatoms. The van der Waals surface area contributed by atoms with Crippen LogP contribution in [-0.2, 0) is 4.79 Å². The first-order chi connectivity index (χ1) is 9.02. The molecule has 0 atom stereocenters. The van der Waals surface area contributed by atoms with Gasteiger partial charge in [0.15, 0.2) is 0 Å². The molecule has 0 aliphatic heterocycles. The molecule has 0 aromatic heterocycles. The van der Waals surface area contributed by atoms with Gasteiger partial charge in [0, 0.05) is 17.7 Å². The minimum Gasteiger partial charge on any atom is -0.384 e. The molecule has 0 saturated heterocycles. The molecule has 0 aliphatic rings. The van der Waals surface area contributed by atoms with E-state index in [4.69, 9.17) is 5.11 Å². The fourth-order valence-electron chi connectivity index (χ4n) is 1.66. The van der Waals surface area contributed by atoms with Crippen molar-refractivity contribution in [3.63, 3.8) is 0 Å². The summed E-state index contributed by atoms with van der Waals surface area (Å²) in [5, 5.41) is 11.6. The summed E-state index contributed by atoms with van der Waals surface area (Å²) in [6.07, 6.45) is 1.44. The highest BCUT2D eigenvalue weighted by Crippen LogP contribution is 2.17. The molecule has 0 bridgehead atoms. The average Bonchev–Trinajstić information content (AvgIpc) is 2.37. The van der Waals surface area contributed by atoms with Crippen molar-refractivity contribution in [1.29, 1.82) is 0 Å². The molecule has 1 aromatic rings. The lowest BCUT2D eigenvalue weighted by Crippen LogP contribution is -2.13. The Kier molecular flexibility index (Phi) is 6.11. The fourth-order valence-corrected chi connectivity index (χ4v) is 1.66. The third kappa shape index (κ3) is 5.58. The minimum absolute atomic E-state index is 0.0472. The van der Waals surface area contributed by atoms with E-state index in [2.05, 4.69) is 31.0 Å². The van der Waals surface area contributed by atoms with E-state index < -0.39 is 0 Å². The summed E-state index contributed by atoms with van der Waals surface area (Å²) in [5.74, 6) is 6.02. The highest BCUT2D eigenvalue weighted by molar-refractivity contribution is 5.91. The smallest absolute Gasteiger partial charge is 0.224 e. The second-order valence-electron chi connectivity index (χ2n) is 4.97. The number of hydrogen-bond acceptors (Lipinski definition) is 2. The highest BCUT2D eigenvalue weighted by Gasteiger charge is 2.06. The van der Waals surface area contributed by atoms with Crippen LogP contribution >= 0.6 is 0 Å². The molecule has 0 radical (unpaired) electrons. The summed E-state index contributed by atoms with van der Waals surface area (Å²) in [5.41, 5.74) is 2.64. The number of anilines is 1. The van der Waals surface area contributed by atoms with Crippen LogP contribution in [0, 0.1) is 24.7 Å². The quantitative estimate of drug-likeness (QED) is 0.817. The van der Waals surface area contributed by atoms with Gasteiger partial charge in [-0.15, -0.1) is 0 Å². The molecule has 0 unspecified atom stereocenters. The molecule has 1 aromatic carbocycles. The maximum atomic E-state index is 11.8. The van der Waals surface area contributed by atoms with Crippen LogP contribution in [0.25, 0.3) is 0 Å². The van der Waals surface area contributed by atoms with Crippen LogP contribution in [0.3, 0.4) is 0 Å². The van der Waals surface area contributed by atoms with Crippen LogP contribution in [0.15, 0.2) is 18.2 Å². The number of amides is 1. The number of benzene rings is 1. The summed E-state index contributed by atoms with van der Waals surface area (Å²) < 4.78 is 0. The lowest BCUT2D eigenvalue weighted by molar-refractivity contribution is -0.116. The number of rotatable bonds is 4. The average molecular weight is 259 g/mol. The van der Waals surface area contributed by atoms with Gasteiger partial charge in [0.2, 0.25) is 5.91 Å². The molecule has 19 heavy (non-hydrogen) atoms. The van der Waals surface area contributed by atoms with E-state index in [1.54, 1.807) is 0 Å². The highest BCUT2D eigenvalue weighted by atomic mass is 16.2. The second kappa shape index (κ2) is 7.60. The van der Waals surface area contributed by atoms with Gasteiger partial charge in [-0.1, -0.05) is 25.7 Å². The molecular weight excluding hydrogens is 238 g/mol. The second-order valence-corrected chi connectivity index (χ2v) is 4.97. The van der Waals surface area contributed by atoms with Gasteiger partial charge in [0.05, 0.1) is 0 Å². The number of aliphatic hydroxyl groups excluding tert-OH is 1. The van der Waals surface area contributed by atoms with Crippen LogP contribution in [0.1, 0.15) is 37.8 Å². The monoisotopic (exact) mass is 259 g/mol. The standard InChI is InChI=1S/C16H21NO2/c1-12(2)6-9-16(19)17-15-8-7-14(5-4-10-18)11-13(15)3/h7-8,11-12,18H,6,9-10H2,1-3H3,(H,17,19). The first kappa shape index (κ1) is 15.3. The number of aryl methyl sites for hydroxylation is 1. The molecule has 0 saturated carbocycles. The van der Waals surface area contributed by atoms with Crippen molar-refractivity contribution in [2.24, 2.45) is 5.92 Å². The van der Waals surface area contributed by atoms with E-state index in [1.165, 1.54) is 0 Å². The van der Waals surface area contributed by atoms with Gasteiger partial charge in [-0.05, 0) is 43.0 Å².